The van der Waals surface area contributed by atoms with Gasteiger partial charge in [0, 0.05) is 17.0 Å². The van der Waals surface area contributed by atoms with Crippen LogP contribution < -0.4 is 0 Å². The number of rotatable bonds is 2. The highest BCUT2D eigenvalue weighted by Crippen LogP contribution is 2.30. The fourth-order valence-corrected chi connectivity index (χ4v) is 2.59. The van der Waals surface area contributed by atoms with Gasteiger partial charge in [-0.15, -0.1) is 11.8 Å². The number of carbonyl (C=O) groups is 1. The van der Waals surface area contributed by atoms with Gasteiger partial charge in [0.1, 0.15) is 17.3 Å². The van der Waals surface area contributed by atoms with E-state index in [-0.39, 0.29) is 6.42 Å². The van der Waals surface area contributed by atoms with E-state index in [0.717, 1.165) is 22.9 Å². The van der Waals surface area contributed by atoms with Crippen LogP contribution in [0.5, 0.6) is 0 Å². The van der Waals surface area contributed by atoms with E-state index in [4.69, 9.17) is 5.11 Å². The average molecular weight is 210 g/mol. The molecule has 0 aliphatic carbocycles. The zero-order valence-corrected chi connectivity index (χ0v) is 8.60. The zero-order chi connectivity index (χ0) is 10.1. The lowest BCUT2D eigenvalue weighted by Crippen LogP contribution is -2.07. The molecule has 2 heterocycles. The maximum Gasteiger partial charge on any atom is 0.311 e. The first-order valence-corrected chi connectivity index (χ1v) is 5.36. The number of carboxylic acid groups (broad SMARTS) is 1. The molecule has 14 heavy (non-hydrogen) atoms. The minimum atomic E-state index is -0.882. The summed E-state index contributed by atoms with van der Waals surface area (Å²) in [4.78, 5) is 18.9. The second kappa shape index (κ2) is 3.57. The van der Waals surface area contributed by atoms with Gasteiger partial charge in [0.25, 0.3) is 0 Å². The Balaban J connectivity index is 2.36. The molecule has 1 aliphatic heterocycles. The third-order valence-corrected chi connectivity index (χ3v) is 3.14. The summed E-state index contributed by atoms with van der Waals surface area (Å²) in [5.41, 5.74) is 2.11. The first-order chi connectivity index (χ1) is 6.66. The summed E-state index contributed by atoms with van der Waals surface area (Å²) in [7, 11) is 0. The van der Waals surface area contributed by atoms with Crippen LogP contribution in [0.15, 0.2) is 5.03 Å². The molecule has 1 aromatic heterocycles. The highest BCUT2D eigenvalue weighted by atomic mass is 32.2. The van der Waals surface area contributed by atoms with Crippen molar-refractivity contribution in [3.63, 3.8) is 0 Å². The minimum Gasteiger partial charge on any atom is -0.481 e. The van der Waals surface area contributed by atoms with Crippen molar-refractivity contribution in [3.05, 3.63) is 17.1 Å². The van der Waals surface area contributed by atoms with Crippen LogP contribution in [-0.2, 0) is 17.6 Å². The van der Waals surface area contributed by atoms with E-state index >= 15 is 0 Å². The van der Waals surface area contributed by atoms with Gasteiger partial charge < -0.3 is 5.11 Å². The van der Waals surface area contributed by atoms with Gasteiger partial charge in [-0.25, -0.2) is 9.97 Å². The molecule has 0 radical (unpaired) electrons. The number of carboxylic acids is 1. The molecule has 1 N–H and O–H groups in total. The highest BCUT2D eigenvalue weighted by molar-refractivity contribution is 7.99. The number of fused-ring (bicyclic) bond motifs is 1. The van der Waals surface area contributed by atoms with Crippen molar-refractivity contribution in [2.75, 3.05) is 5.75 Å². The van der Waals surface area contributed by atoms with E-state index in [1.54, 1.807) is 11.8 Å². The van der Waals surface area contributed by atoms with Crippen LogP contribution in [0.1, 0.15) is 17.1 Å². The van der Waals surface area contributed by atoms with Crippen molar-refractivity contribution in [1.29, 1.82) is 0 Å². The Bertz CT molecular complexity index is 393. The van der Waals surface area contributed by atoms with Crippen molar-refractivity contribution in [2.24, 2.45) is 0 Å². The second-order valence-electron chi connectivity index (χ2n) is 3.18. The summed E-state index contributed by atoms with van der Waals surface area (Å²) in [5, 5.41) is 9.59. The Labute approximate surface area is 85.8 Å². The third kappa shape index (κ3) is 1.72. The molecular formula is C9H10N2O2S. The van der Waals surface area contributed by atoms with Crippen molar-refractivity contribution in [2.45, 2.75) is 24.8 Å². The monoisotopic (exact) mass is 210 g/mol. The van der Waals surface area contributed by atoms with Crippen LogP contribution in [0.2, 0.25) is 0 Å². The molecule has 0 amide bonds. The van der Waals surface area contributed by atoms with Gasteiger partial charge in [0.2, 0.25) is 0 Å². The van der Waals surface area contributed by atoms with E-state index in [1.165, 1.54) is 5.56 Å². The Hall–Kier alpha value is -1.10. The predicted molar refractivity (Wildman–Crippen MR) is 52.5 cm³/mol. The summed E-state index contributed by atoms with van der Waals surface area (Å²) in [6.07, 6.45) is 0.911. The molecule has 0 saturated heterocycles. The molecule has 0 bridgehead atoms. The lowest BCUT2D eigenvalue weighted by molar-refractivity contribution is -0.136. The molecule has 2 rings (SSSR count). The van der Waals surface area contributed by atoms with Crippen LogP contribution in [0.4, 0.5) is 0 Å². The standard InChI is InChI=1S/C9H10N2O2S/c1-5-6-2-3-14-9(6)11-7(10-5)4-8(12)13/h2-4H2,1H3,(H,12,13). The SMILES string of the molecule is Cc1nc(CC(=O)O)nc2c1CCS2. The number of aromatic nitrogens is 2. The van der Waals surface area contributed by atoms with Gasteiger partial charge in [-0.05, 0) is 13.3 Å². The molecular weight excluding hydrogens is 200 g/mol. The number of nitrogens with zero attached hydrogens (tertiary/aromatic N) is 2. The lowest BCUT2D eigenvalue weighted by Gasteiger charge is -2.03. The smallest absolute Gasteiger partial charge is 0.311 e. The highest BCUT2D eigenvalue weighted by Gasteiger charge is 2.18. The topological polar surface area (TPSA) is 63.1 Å². The Morgan fingerprint density at radius 1 is 1.57 bits per heavy atom. The minimum absolute atomic E-state index is 0.0886. The van der Waals surface area contributed by atoms with Gasteiger partial charge in [-0.1, -0.05) is 0 Å². The molecule has 0 fully saturated rings. The molecule has 1 aromatic rings. The summed E-state index contributed by atoms with van der Waals surface area (Å²) >= 11 is 1.68. The van der Waals surface area contributed by atoms with Crippen molar-refractivity contribution >= 4 is 17.7 Å². The van der Waals surface area contributed by atoms with Crippen molar-refractivity contribution in [3.8, 4) is 0 Å². The summed E-state index contributed by atoms with van der Waals surface area (Å²) in [6, 6.07) is 0. The first kappa shape index (κ1) is 9.45. The molecule has 0 atom stereocenters. The quantitative estimate of drug-likeness (QED) is 0.739. The van der Waals surface area contributed by atoms with E-state index < -0.39 is 5.97 Å². The second-order valence-corrected chi connectivity index (χ2v) is 4.26. The van der Waals surface area contributed by atoms with E-state index in [9.17, 15) is 4.79 Å². The first-order valence-electron chi connectivity index (χ1n) is 4.38. The Kier molecular flexibility index (Phi) is 2.41. The van der Waals surface area contributed by atoms with Gasteiger partial charge in [-0.3, -0.25) is 4.79 Å². The normalized spacial score (nSPS) is 14.1. The third-order valence-electron chi connectivity index (χ3n) is 2.12. The fraction of sp³-hybridized carbons (Fsp3) is 0.444. The zero-order valence-electron chi connectivity index (χ0n) is 7.78. The molecule has 0 spiro atoms. The number of hydrogen-bond donors (Lipinski definition) is 1. The number of thioether (sulfide) groups is 1. The van der Waals surface area contributed by atoms with Crippen LogP contribution in [0.25, 0.3) is 0 Å². The van der Waals surface area contributed by atoms with E-state index in [0.29, 0.717) is 5.82 Å². The maximum absolute atomic E-state index is 10.5. The average Bonchev–Trinajstić information content (AvgIpc) is 2.50. The molecule has 0 aromatic carbocycles. The largest absolute Gasteiger partial charge is 0.481 e. The Morgan fingerprint density at radius 2 is 2.36 bits per heavy atom. The van der Waals surface area contributed by atoms with E-state index in [1.807, 2.05) is 6.92 Å². The van der Waals surface area contributed by atoms with E-state index in [2.05, 4.69) is 9.97 Å². The van der Waals surface area contributed by atoms with Crippen LogP contribution in [0, 0.1) is 6.92 Å². The van der Waals surface area contributed by atoms with Crippen LogP contribution >= 0.6 is 11.8 Å². The summed E-state index contributed by atoms with van der Waals surface area (Å²) < 4.78 is 0. The van der Waals surface area contributed by atoms with Gasteiger partial charge in [0.15, 0.2) is 0 Å². The predicted octanol–water partition coefficient (Wildman–Crippen LogP) is 1.06. The van der Waals surface area contributed by atoms with Gasteiger partial charge in [-0.2, -0.15) is 0 Å². The summed E-state index contributed by atoms with van der Waals surface area (Å²) in [5.74, 6) is 0.567. The number of aryl methyl sites for hydroxylation is 1. The molecule has 0 unspecified atom stereocenters. The molecule has 5 heteroatoms. The molecule has 4 nitrogen and oxygen atoms in total. The molecule has 0 saturated carbocycles. The molecule has 74 valence electrons. The van der Waals surface area contributed by atoms with Crippen molar-refractivity contribution in [1.82, 2.24) is 9.97 Å². The molecule has 1 aliphatic rings. The van der Waals surface area contributed by atoms with Gasteiger partial charge >= 0.3 is 5.97 Å². The number of hydrogen-bond acceptors (Lipinski definition) is 4. The Morgan fingerprint density at radius 3 is 3.07 bits per heavy atom. The van der Waals surface area contributed by atoms with Gasteiger partial charge in [0.05, 0.1) is 0 Å². The van der Waals surface area contributed by atoms with Crippen LogP contribution in [0.3, 0.4) is 0 Å². The summed E-state index contributed by atoms with van der Waals surface area (Å²) in [6.45, 7) is 1.91. The number of aliphatic carboxylic acids is 1. The maximum atomic E-state index is 10.5. The van der Waals surface area contributed by atoms with Crippen LogP contribution in [-0.4, -0.2) is 26.8 Å². The van der Waals surface area contributed by atoms with Crippen molar-refractivity contribution < 1.29 is 9.90 Å². The fourth-order valence-electron chi connectivity index (χ4n) is 1.50. The lowest BCUT2D eigenvalue weighted by atomic mass is 10.2.